The summed E-state index contributed by atoms with van der Waals surface area (Å²) in [5, 5.41) is 5.52. The fraction of sp³-hybridized carbons (Fsp3) is 0.179. The van der Waals surface area contributed by atoms with Crippen molar-refractivity contribution in [2.45, 2.75) is 23.8 Å². The first-order valence-electron chi connectivity index (χ1n) is 12.1. The third-order valence-electron chi connectivity index (χ3n) is 6.51. The minimum atomic E-state index is -1.10. The van der Waals surface area contributed by atoms with Gasteiger partial charge < -0.3 is 25.1 Å². The van der Waals surface area contributed by atoms with Crippen LogP contribution < -0.4 is 10.6 Å². The van der Waals surface area contributed by atoms with E-state index in [2.05, 4.69) is 20.6 Å². The van der Waals surface area contributed by atoms with Crippen molar-refractivity contribution in [3.05, 3.63) is 107 Å². The Labute approximate surface area is 222 Å². The number of anilines is 2. The number of nitrogens with one attached hydrogen (secondary N) is 3. The second-order valence-electron chi connectivity index (χ2n) is 9.01. The Morgan fingerprint density at radius 1 is 1.11 bits per heavy atom. The Kier molecular flexibility index (Phi) is 7.43. The fourth-order valence-electron chi connectivity index (χ4n) is 4.57. The van der Waals surface area contributed by atoms with E-state index in [-0.39, 0.29) is 17.8 Å². The van der Waals surface area contributed by atoms with Gasteiger partial charge in [0.2, 0.25) is 0 Å². The van der Waals surface area contributed by atoms with Crippen molar-refractivity contribution in [1.82, 2.24) is 14.9 Å². The van der Waals surface area contributed by atoms with Gasteiger partial charge in [0.25, 0.3) is 5.91 Å². The van der Waals surface area contributed by atoms with Gasteiger partial charge in [-0.05, 0) is 77.3 Å². The van der Waals surface area contributed by atoms with Gasteiger partial charge in [0.15, 0.2) is 4.90 Å². The molecule has 3 amide bonds. The maximum absolute atomic E-state index is 13.7. The lowest BCUT2D eigenvalue weighted by molar-refractivity contribution is 0.0649. The Balaban J connectivity index is 1.35. The fourth-order valence-corrected chi connectivity index (χ4v) is 5.09. The quantitative estimate of drug-likeness (QED) is 0.294. The summed E-state index contributed by atoms with van der Waals surface area (Å²) >= 11 is -1.10. The van der Waals surface area contributed by atoms with E-state index in [1.165, 1.54) is 12.1 Å². The van der Waals surface area contributed by atoms with Gasteiger partial charge in [0, 0.05) is 36.1 Å². The van der Waals surface area contributed by atoms with Crippen LogP contribution in [0.1, 0.15) is 33.2 Å². The number of hydrogen-bond donors (Lipinski definition) is 3. The number of rotatable bonds is 7. The van der Waals surface area contributed by atoms with Crippen LogP contribution in [0.2, 0.25) is 0 Å². The first-order valence-corrected chi connectivity index (χ1v) is 13.6. The number of benzene rings is 3. The van der Waals surface area contributed by atoms with E-state index < -0.39 is 17.2 Å². The summed E-state index contributed by atoms with van der Waals surface area (Å²) in [5.74, 6) is -0.493. The molecule has 0 fully saturated rings. The zero-order valence-electron chi connectivity index (χ0n) is 20.6. The van der Waals surface area contributed by atoms with Gasteiger partial charge in [-0.25, -0.2) is 14.2 Å². The summed E-state index contributed by atoms with van der Waals surface area (Å²) in [5.41, 5.74) is 4.09. The molecule has 1 aromatic heterocycles. The summed E-state index contributed by atoms with van der Waals surface area (Å²) in [6.07, 6.45) is 6.11. The molecule has 194 valence electrons. The summed E-state index contributed by atoms with van der Waals surface area (Å²) in [4.78, 5) is 35.9. The van der Waals surface area contributed by atoms with Gasteiger partial charge >= 0.3 is 6.03 Å². The zero-order chi connectivity index (χ0) is 26.6. The van der Waals surface area contributed by atoms with Crippen LogP contribution >= 0.6 is 0 Å². The molecule has 0 spiro atoms. The zero-order valence-corrected chi connectivity index (χ0v) is 21.4. The average Bonchev–Trinajstić information content (AvgIpc) is 3.43. The molecule has 38 heavy (non-hydrogen) atoms. The highest BCUT2D eigenvalue weighted by Crippen LogP contribution is 2.34. The number of H-pyrrole nitrogens is 1. The van der Waals surface area contributed by atoms with Crippen LogP contribution in [-0.2, 0) is 24.0 Å². The van der Waals surface area contributed by atoms with E-state index in [1.54, 1.807) is 72.2 Å². The number of nitrogens with zero attached hydrogens (tertiary/aromatic N) is 2. The van der Waals surface area contributed by atoms with Gasteiger partial charge in [0.1, 0.15) is 12.1 Å². The number of aromatic nitrogens is 2. The van der Waals surface area contributed by atoms with E-state index in [1.807, 2.05) is 6.07 Å². The second-order valence-corrected chi connectivity index (χ2v) is 10.4. The van der Waals surface area contributed by atoms with Crippen LogP contribution in [0.3, 0.4) is 0 Å². The number of aromatic amines is 1. The predicted molar refractivity (Wildman–Crippen MR) is 144 cm³/mol. The Morgan fingerprint density at radius 2 is 1.82 bits per heavy atom. The largest absolute Gasteiger partial charge is 0.612 e. The molecule has 8 nitrogen and oxygen atoms in total. The molecule has 3 aromatic carbocycles. The molecule has 4 aromatic rings. The van der Waals surface area contributed by atoms with Crippen molar-refractivity contribution < 1.29 is 18.5 Å². The van der Waals surface area contributed by atoms with Gasteiger partial charge in [0.05, 0.1) is 18.1 Å². The number of urea groups is 1. The van der Waals surface area contributed by atoms with E-state index in [0.29, 0.717) is 41.2 Å². The Bertz CT molecular complexity index is 1430. The summed E-state index contributed by atoms with van der Waals surface area (Å²) in [6.45, 7) is 0.432. The van der Waals surface area contributed by atoms with Crippen LogP contribution in [0.25, 0.3) is 0 Å². The third kappa shape index (κ3) is 5.71. The van der Waals surface area contributed by atoms with Gasteiger partial charge in [-0.15, -0.1) is 0 Å². The average molecular weight is 532 g/mol. The normalized spacial score (nSPS) is 15.6. The van der Waals surface area contributed by atoms with Crippen LogP contribution in [-0.4, -0.2) is 44.2 Å². The molecule has 0 saturated heterocycles. The molecule has 1 aliphatic rings. The topological polar surface area (TPSA) is 113 Å². The van der Waals surface area contributed by atoms with Crippen LogP contribution in [0, 0.1) is 5.82 Å². The molecule has 10 heteroatoms. The van der Waals surface area contributed by atoms with Crippen molar-refractivity contribution in [2.75, 3.05) is 23.4 Å². The molecule has 3 N–H and O–H groups in total. The highest BCUT2D eigenvalue weighted by Gasteiger charge is 2.33. The second kappa shape index (κ2) is 11.1. The molecular weight excluding hydrogens is 505 g/mol. The molecule has 1 aliphatic heterocycles. The number of halogens is 1. The number of amides is 3. The number of fused-ring (bicyclic) bond motifs is 1. The lowest BCUT2D eigenvalue weighted by Crippen LogP contribution is -2.41. The minimum Gasteiger partial charge on any atom is -0.612 e. The predicted octanol–water partition coefficient (Wildman–Crippen LogP) is 4.91. The smallest absolute Gasteiger partial charge is 0.323 e. The van der Waals surface area contributed by atoms with Crippen molar-refractivity contribution in [2.24, 2.45) is 0 Å². The number of carbonyl (C=O) groups excluding carboxylic acids is 2. The molecule has 5 rings (SSSR count). The van der Waals surface area contributed by atoms with Crippen molar-refractivity contribution in [1.29, 1.82) is 0 Å². The molecule has 0 bridgehead atoms. The van der Waals surface area contributed by atoms with E-state index in [4.69, 9.17) is 0 Å². The maximum Gasteiger partial charge on any atom is 0.323 e. The maximum atomic E-state index is 13.7. The van der Waals surface area contributed by atoms with Crippen LogP contribution in [0.4, 0.5) is 20.6 Å². The molecule has 0 saturated carbocycles. The van der Waals surface area contributed by atoms with Crippen LogP contribution in [0.5, 0.6) is 0 Å². The summed E-state index contributed by atoms with van der Waals surface area (Å²) in [7, 11) is 0. The van der Waals surface area contributed by atoms with Crippen molar-refractivity contribution in [3.63, 3.8) is 0 Å². The van der Waals surface area contributed by atoms with E-state index >= 15 is 0 Å². The highest BCUT2D eigenvalue weighted by molar-refractivity contribution is 7.90. The Hall–Kier alpha value is -4.15. The number of imidazole rings is 1. The first kappa shape index (κ1) is 25.5. The molecule has 2 unspecified atom stereocenters. The number of carbonyl (C=O) groups is 2. The van der Waals surface area contributed by atoms with Crippen LogP contribution in [0.15, 0.2) is 84.1 Å². The lowest BCUT2D eigenvalue weighted by atomic mass is 9.88. The van der Waals surface area contributed by atoms with E-state index in [0.717, 1.165) is 16.8 Å². The SMILES string of the molecule is C[S+]([O-])c1ccc(NC(=O)Nc2ccc3c(c2)C(=O)N(CCc2c[nH]cn2)C(c2ccc(F)cc2)C3)cc1. The lowest BCUT2D eigenvalue weighted by Gasteiger charge is -2.37. The van der Waals surface area contributed by atoms with Gasteiger partial charge in [-0.1, -0.05) is 18.2 Å². The molecule has 0 radical (unpaired) electrons. The Morgan fingerprint density at radius 3 is 2.50 bits per heavy atom. The summed E-state index contributed by atoms with van der Waals surface area (Å²) < 4.78 is 25.2. The first-order chi connectivity index (χ1) is 18.4. The minimum absolute atomic E-state index is 0.164. The van der Waals surface area contributed by atoms with Crippen molar-refractivity contribution >= 4 is 34.5 Å². The third-order valence-corrected chi connectivity index (χ3v) is 7.45. The molecule has 2 heterocycles. The number of hydrogen-bond acceptors (Lipinski definition) is 4. The molecule has 2 atom stereocenters. The summed E-state index contributed by atoms with van der Waals surface area (Å²) in [6, 6.07) is 17.6. The van der Waals surface area contributed by atoms with E-state index in [9.17, 15) is 18.5 Å². The van der Waals surface area contributed by atoms with Crippen molar-refractivity contribution in [3.8, 4) is 0 Å². The molecule has 0 aliphatic carbocycles. The van der Waals surface area contributed by atoms with Gasteiger partial charge in [-0.2, -0.15) is 0 Å². The monoisotopic (exact) mass is 531 g/mol. The molecular formula is C28H26FN5O3S. The standard InChI is InChI=1S/C28H26FN5O3S/c1-38(37)24-10-8-21(9-11-24)32-28(36)33-22-7-4-19-14-26(18-2-5-20(29)6-3-18)34(27(35)25(19)15-22)13-12-23-16-30-17-31-23/h2-11,15-17,26H,12-14H2,1H3,(H,30,31)(H2,32,33,36). The highest BCUT2D eigenvalue weighted by atomic mass is 32.2. The van der Waals surface area contributed by atoms with Gasteiger partial charge in [-0.3, -0.25) is 4.79 Å².